The minimum atomic E-state index is -1.47. The molecule has 1 rings (SSSR count). The van der Waals surface area contributed by atoms with Crippen LogP contribution in [0.4, 0.5) is 0 Å². The van der Waals surface area contributed by atoms with E-state index in [-0.39, 0.29) is 0 Å². The molecule has 12 heavy (non-hydrogen) atoms. The van der Waals surface area contributed by atoms with Crippen LogP contribution in [0.25, 0.3) is 0 Å². The quantitative estimate of drug-likeness (QED) is 0.689. The second-order valence-electron chi connectivity index (χ2n) is 2.41. The van der Waals surface area contributed by atoms with Gasteiger partial charge in [0.15, 0.2) is 5.78 Å². The first-order valence-corrected chi connectivity index (χ1v) is 3.70. The first-order chi connectivity index (χ1) is 6.45. The number of carbonyl (C=O) groups excluding carboxylic acids is 1. The van der Waals surface area contributed by atoms with E-state index in [9.17, 15) is 4.79 Å². The second-order valence-corrected chi connectivity index (χ2v) is 2.41. The molecule has 0 spiro atoms. The fourth-order valence-corrected chi connectivity index (χ4v) is 0.939. The highest BCUT2D eigenvalue weighted by molar-refractivity contribution is 5.97. The second kappa shape index (κ2) is 4.02. The lowest BCUT2D eigenvalue weighted by molar-refractivity contribution is 0.0903. The summed E-state index contributed by atoms with van der Waals surface area (Å²) in [4.78, 5) is 11.1. The van der Waals surface area contributed by atoms with Crippen molar-refractivity contribution in [3.63, 3.8) is 0 Å². The van der Waals surface area contributed by atoms with E-state index in [4.69, 9.17) is 7.85 Å². The van der Waals surface area contributed by atoms with Gasteiger partial charge >= 0.3 is 0 Å². The van der Waals surface area contributed by atoms with Gasteiger partial charge in [0.05, 0.1) is 0 Å². The van der Waals surface area contributed by atoms with Gasteiger partial charge in [-0.25, -0.2) is 0 Å². The molecule has 0 fully saturated rings. The van der Waals surface area contributed by atoms with Crippen molar-refractivity contribution in [2.24, 2.45) is 0 Å². The summed E-state index contributed by atoms with van der Waals surface area (Å²) >= 11 is 0. The minimum absolute atomic E-state index is 0.343. The van der Waals surface area contributed by atoms with Gasteiger partial charge in [-0.05, 0) is 18.0 Å². The van der Waals surface area contributed by atoms with Crippen molar-refractivity contribution in [2.45, 2.75) is 13.3 Å². The van der Waals surface area contributed by atoms with Crippen molar-refractivity contribution in [3.05, 3.63) is 35.4 Å². The van der Waals surface area contributed by atoms with Gasteiger partial charge in [-0.1, -0.05) is 25.1 Å². The summed E-state index contributed by atoms with van der Waals surface area (Å²) in [6.45, 7) is 0.881. The molecule has 0 radical (unpaired) electrons. The molecule has 64 valence electrons. The number of hydrogen-bond donors (Lipinski definition) is 1. The van der Waals surface area contributed by atoms with Crippen molar-refractivity contribution < 1.29 is 12.6 Å². The molecule has 1 aromatic rings. The van der Waals surface area contributed by atoms with E-state index >= 15 is 0 Å². The Labute approximate surface area is 74.7 Å². The van der Waals surface area contributed by atoms with Crippen molar-refractivity contribution in [1.82, 2.24) is 0 Å². The van der Waals surface area contributed by atoms with E-state index in [1.807, 2.05) is 0 Å². The molecule has 0 aliphatic rings. The Morgan fingerprint density at radius 1 is 1.67 bits per heavy atom. The Bertz CT molecular complexity index is 342. The van der Waals surface area contributed by atoms with Gasteiger partial charge in [0, 0.05) is 8.30 Å². The van der Waals surface area contributed by atoms with Gasteiger partial charge in [0.2, 0.25) is 0 Å². The fourth-order valence-electron chi connectivity index (χ4n) is 0.939. The molecular weight excluding hydrogens is 152 g/mol. The molecule has 0 amide bonds. The maximum atomic E-state index is 11.1. The minimum Gasteiger partial charge on any atom is -0.388 e. The normalized spacial score (nSPS) is 13.5. The third-order valence-corrected chi connectivity index (χ3v) is 1.62. The monoisotopic (exact) mass is 166 g/mol. The van der Waals surface area contributed by atoms with Crippen molar-refractivity contribution in [1.29, 1.82) is 0 Å². The lowest BCUT2D eigenvalue weighted by Gasteiger charge is -1.99. The van der Waals surface area contributed by atoms with Gasteiger partial charge in [-0.2, -0.15) is 0 Å². The molecule has 0 aromatic heterocycles. The van der Waals surface area contributed by atoms with E-state index in [2.05, 4.69) is 0 Å². The van der Waals surface area contributed by atoms with Crippen LogP contribution in [-0.4, -0.2) is 17.5 Å². The third kappa shape index (κ3) is 1.92. The summed E-state index contributed by atoms with van der Waals surface area (Å²) in [6, 6.07) is 6.26. The smallest absolute Gasteiger partial charge is 0.188 e. The molecule has 2 heteroatoms. The number of aliphatic hydroxyl groups is 1. The van der Waals surface area contributed by atoms with Gasteiger partial charge in [0.25, 0.3) is 0 Å². The Hall–Kier alpha value is -1.15. The van der Waals surface area contributed by atoms with Crippen molar-refractivity contribution in [3.8, 4) is 0 Å². The number of hydrogen-bond acceptors (Lipinski definition) is 2. The Balaban J connectivity index is 3.08. The highest BCUT2D eigenvalue weighted by Crippen LogP contribution is 2.06. The molecule has 1 N–H and O–H groups in total. The molecule has 0 unspecified atom stereocenters. The van der Waals surface area contributed by atoms with Crippen LogP contribution in [0.3, 0.4) is 0 Å². The molecule has 0 saturated carbocycles. The summed E-state index contributed by atoms with van der Waals surface area (Å²) in [5, 5.41) is 8.64. The summed E-state index contributed by atoms with van der Waals surface area (Å²) < 4.78 is 14.9. The number of ketones is 1. The zero-order valence-corrected chi connectivity index (χ0v) is 6.87. The van der Waals surface area contributed by atoms with E-state index in [0.29, 0.717) is 11.1 Å². The zero-order chi connectivity index (χ0) is 10.8. The molecule has 0 aliphatic carbocycles. The van der Waals surface area contributed by atoms with Crippen LogP contribution in [0.15, 0.2) is 24.3 Å². The van der Waals surface area contributed by atoms with Gasteiger partial charge in [-0.15, -0.1) is 0 Å². The Morgan fingerprint density at radius 2 is 2.42 bits per heavy atom. The van der Waals surface area contributed by atoms with Gasteiger partial charge in [0.1, 0.15) is 6.61 Å². The average molecular weight is 166 g/mol. The molecule has 0 atom stereocenters. The largest absolute Gasteiger partial charge is 0.388 e. The summed E-state index contributed by atoms with van der Waals surface area (Å²) in [5.74, 6) is -0.392. The lowest BCUT2D eigenvalue weighted by atomic mass is 10.1. The molecular formula is C10H12O2. The first kappa shape index (κ1) is 6.38. The van der Waals surface area contributed by atoms with Crippen molar-refractivity contribution in [2.75, 3.05) is 6.61 Å². The van der Waals surface area contributed by atoms with Gasteiger partial charge in [-0.3, -0.25) is 4.79 Å². The van der Waals surface area contributed by atoms with Crippen LogP contribution < -0.4 is 0 Å². The van der Waals surface area contributed by atoms with Crippen LogP contribution in [0, 0.1) is 0 Å². The predicted octanol–water partition coefficient (Wildman–Crippen LogP) is 1.42. The van der Waals surface area contributed by atoms with E-state index in [0.717, 1.165) is 0 Å². The topological polar surface area (TPSA) is 37.3 Å². The zero-order valence-electron chi connectivity index (χ0n) is 8.87. The summed E-state index contributed by atoms with van der Waals surface area (Å²) in [5.41, 5.74) is 0.785. The van der Waals surface area contributed by atoms with Crippen LogP contribution in [0.2, 0.25) is 0 Å². The SMILES string of the molecule is [2H]C([2H])(C)c1cccc(C(=O)CO)c1. The molecule has 1 aromatic carbocycles. The molecule has 0 bridgehead atoms. The van der Waals surface area contributed by atoms with E-state index < -0.39 is 18.8 Å². The molecule has 0 saturated heterocycles. The lowest BCUT2D eigenvalue weighted by Crippen LogP contribution is -2.04. The van der Waals surface area contributed by atoms with Crippen LogP contribution in [0.1, 0.15) is 25.6 Å². The number of rotatable bonds is 3. The summed E-state index contributed by atoms with van der Waals surface area (Å²) in [7, 11) is 0. The maximum Gasteiger partial charge on any atom is 0.188 e. The average Bonchev–Trinajstić information content (AvgIpc) is 2.15. The molecule has 0 aliphatic heterocycles. The fraction of sp³-hybridized carbons (Fsp3) is 0.300. The number of Topliss-reactive ketones (excluding diaryl/α,β-unsaturated/α-hetero) is 1. The summed E-state index contributed by atoms with van der Waals surface area (Å²) in [6.07, 6.45) is -1.47. The molecule has 2 nitrogen and oxygen atoms in total. The number of carbonyl (C=O) groups is 1. The number of aliphatic hydroxyl groups excluding tert-OH is 1. The Morgan fingerprint density at radius 3 is 3.00 bits per heavy atom. The third-order valence-electron chi connectivity index (χ3n) is 1.62. The number of aryl methyl sites for hydroxylation is 1. The number of benzene rings is 1. The van der Waals surface area contributed by atoms with Gasteiger partial charge < -0.3 is 5.11 Å². The highest BCUT2D eigenvalue weighted by atomic mass is 16.3. The standard InChI is InChI=1S/C10H12O2/c1-2-8-4-3-5-9(6-8)10(12)7-11/h3-6,11H,2,7H2,1H3/i2D2. The maximum absolute atomic E-state index is 11.1. The van der Waals surface area contributed by atoms with Crippen LogP contribution >= 0.6 is 0 Å². The first-order valence-electron chi connectivity index (χ1n) is 4.70. The van der Waals surface area contributed by atoms with E-state index in [1.165, 1.54) is 13.0 Å². The molecule has 0 heterocycles. The van der Waals surface area contributed by atoms with E-state index in [1.54, 1.807) is 18.2 Å². The van der Waals surface area contributed by atoms with Crippen LogP contribution in [0.5, 0.6) is 0 Å². The predicted molar refractivity (Wildman–Crippen MR) is 47.2 cm³/mol. The van der Waals surface area contributed by atoms with Crippen molar-refractivity contribution >= 4 is 5.78 Å². The highest BCUT2D eigenvalue weighted by Gasteiger charge is 2.02. The Kier molecular flexibility index (Phi) is 2.14. The van der Waals surface area contributed by atoms with Crippen LogP contribution in [-0.2, 0) is 6.37 Å².